The summed E-state index contributed by atoms with van der Waals surface area (Å²) in [7, 11) is 1.51. The summed E-state index contributed by atoms with van der Waals surface area (Å²) in [5, 5.41) is 14.1. The van der Waals surface area contributed by atoms with E-state index in [0.29, 0.717) is 13.0 Å². The smallest absolute Gasteiger partial charge is 0.325 e. The fraction of sp³-hybridized carbons (Fsp3) is 0.769. The number of rotatable bonds is 8. The highest BCUT2D eigenvalue weighted by Crippen LogP contribution is 2.16. The summed E-state index contributed by atoms with van der Waals surface area (Å²) in [5.41, 5.74) is -0.928. The molecule has 1 rings (SSSR count). The van der Waals surface area contributed by atoms with Gasteiger partial charge in [-0.25, -0.2) is 4.79 Å². The molecule has 1 aliphatic rings. The molecule has 1 unspecified atom stereocenters. The van der Waals surface area contributed by atoms with Gasteiger partial charge in [-0.2, -0.15) is 0 Å². The van der Waals surface area contributed by atoms with Gasteiger partial charge in [-0.1, -0.05) is 0 Å². The maximum atomic E-state index is 11.9. The van der Waals surface area contributed by atoms with Crippen molar-refractivity contribution in [2.45, 2.75) is 38.3 Å². The lowest BCUT2D eigenvalue weighted by Gasteiger charge is -2.18. The van der Waals surface area contributed by atoms with Crippen molar-refractivity contribution in [3.63, 3.8) is 0 Å². The lowest BCUT2D eigenvalue weighted by atomic mass is 10.1. The molecule has 0 aromatic carbocycles. The average molecular weight is 301 g/mol. The van der Waals surface area contributed by atoms with Gasteiger partial charge in [0.25, 0.3) is 5.91 Å². The van der Waals surface area contributed by atoms with Crippen molar-refractivity contribution in [3.05, 3.63) is 0 Å². The summed E-state index contributed by atoms with van der Waals surface area (Å²) in [6.45, 7) is 3.49. The molecule has 21 heavy (non-hydrogen) atoms. The van der Waals surface area contributed by atoms with Crippen LogP contribution in [0, 0.1) is 0 Å². The van der Waals surface area contributed by atoms with Crippen LogP contribution in [0.5, 0.6) is 0 Å². The molecule has 3 N–H and O–H groups in total. The van der Waals surface area contributed by atoms with Crippen LogP contribution in [0.1, 0.15) is 26.7 Å². The van der Waals surface area contributed by atoms with E-state index in [2.05, 4.69) is 10.6 Å². The Morgan fingerprint density at radius 1 is 1.48 bits per heavy atom. The molecular formula is C13H23N3O5. The summed E-state index contributed by atoms with van der Waals surface area (Å²) in [4.78, 5) is 36.4. The first-order valence-corrected chi connectivity index (χ1v) is 6.85. The fourth-order valence-electron chi connectivity index (χ4n) is 2.09. The third-order valence-corrected chi connectivity index (χ3v) is 3.22. The number of nitrogens with zero attached hydrogens (tertiary/aromatic N) is 1. The Kier molecular flexibility index (Phi) is 6.10. The van der Waals surface area contributed by atoms with Crippen LogP contribution in [-0.2, 0) is 14.3 Å². The minimum Gasteiger partial charge on any atom is -0.396 e. The Morgan fingerprint density at radius 2 is 2.14 bits per heavy atom. The highest BCUT2D eigenvalue weighted by Gasteiger charge is 2.43. The molecule has 1 aliphatic heterocycles. The molecule has 0 radical (unpaired) electrons. The van der Waals surface area contributed by atoms with Crippen LogP contribution in [0.15, 0.2) is 0 Å². The van der Waals surface area contributed by atoms with E-state index in [0.717, 1.165) is 4.90 Å². The van der Waals surface area contributed by atoms with Crippen LogP contribution >= 0.6 is 0 Å². The van der Waals surface area contributed by atoms with Crippen molar-refractivity contribution in [1.82, 2.24) is 15.5 Å². The quantitative estimate of drug-likeness (QED) is 0.510. The van der Waals surface area contributed by atoms with Crippen LogP contribution in [0.2, 0.25) is 0 Å². The molecule has 1 atom stereocenters. The molecule has 8 heteroatoms. The van der Waals surface area contributed by atoms with Gasteiger partial charge in [0.2, 0.25) is 5.91 Å². The van der Waals surface area contributed by atoms with E-state index < -0.39 is 11.6 Å². The molecule has 4 amide bonds. The van der Waals surface area contributed by atoms with E-state index in [9.17, 15) is 14.4 Å². The Bertz CT molecular complexity index is 405. The molecule has 0 aromatic heterocycles. The van der Waals surface area contributed by atoms with Crippen molar-refractivity contribution in [2.75, 3.05) is 26.9 Å². The summed E-state index contributed by atoms with van der Waals surface area (Å²) in [6, 6.07) is -0.770. The molecule has 0 aromatic rings. The zero-order valence-electron chi connectivity index (χ0n) is 12.6. The Morgan fingerprint density at radius 3 is 2.62 bits per heavy atom. The second-order valence-electron chi connectivity index (χ2n) is 5.49. The van der Waals surface area contributed by atoms with E-state index in [1.54, 1.807) is 13.8 Å². The number of aliphatic hydroxyl groups excluding tert-OH is 1. The summed E-state index contributed by atoms with van der Waals surface area (Å²) in [5.74, 6) is -0.639. The Balaban J connectivity index is 2.46. The van der Waals surface area contributed by atoms with Gasteiger partial charge in [-0.15, -0.1) is 0 Å². The van der Waals surface area contributed by atoms with Crippen molar-refractivity contribution in [3.8, 4) is 0 Å². The first-order valence-electron chi connectivity index (χ1n) is 6.85. The third kappa shape index (κ3) is 4.68. The average Bonchev–Trinajstić information content (AvgIpc) is 2.57. The zero-order chi connectivity index (χ0) is 16.0. The molecule has 0 spiro atoms. The van der Waals surface area contributed by atoms with E-state index in [1.807, 2.05) is 0 Å². The maximum Gasteiger partial charge on any atom is 0.325 e. The monoisotopic (exact) mass is 301 g/mol. The fourth-order valence-corrected chi connectivity index (χ4v) is 2.09. The molecular weight excluding hydrogens is 278 g/mol. The summed E-state index contributed by atoms with van der Waals surface area (Å²) >= 11 is 0. The summed E-state index contributed by atoms with van der Waals surface area (Å²) < 4.78 is 4.94. The van der Waals surface area contributed by atoms with E-state index >= 15 is 0 Å². The number of methoxy groups -OCH3 is 1. The Labute approximate surface area is 123 Å². The van der Waals surface area contributed by atoms with Crippen molar-refractivity contribution in [1.29, 1.82) is 0 Å². The first kappa shape index (κ1) is 17.4. The molecule has 0 bridgehead atoms. The number of urea groups is 1. The van der Waals surface area contributed by atoms with Gasteiger partial charge in [0.15, 0.2) is 0 Å². The van der Waals surface area contributed by atoms with Gasteiger partial charge < -0.3 is 20.5 Å². The molecule has 0 saturated carbocycles. The number of carbonyl (C=O) groups is 3. The largest absolute Gasteiger partial charge is 0.396 e. The molecule has 120 valence electrons. The normalized spacial score (nSPS) is 18.6. The number of nitrogens with one attached hydrogen (secondary N) is 2. The molecule has 1 saturated heterocycles. The number of amides is 4. The van der Waals surface area contributed by atoms with E-state index in [4.69, 9.17) is 9.84 Å². The van der Waals surface area contributed by atoms with E-state index in [-0.39, 0.29) is 37.4 Å². The van der Waals surface area contributed by atoms with Crippen molar-refractivity contribution in [2.24, 2.45) is 0 Å². The predicted octanol–water partition coefficient (Wildman–Crippen LogP) is -0.779. The van der Waals surface area contributed by atoms with Crippen LogP contribution in [0.4, 0.5) is 4.79 Å². The number of ether oxygens (including phenoxy) is 1. The molecule has 1 heterocycles. The van der Waals surface area contributed by atoms with Crippen molar-refractivity contribution < 1.29 is 24.2 Å². The molecule has 8 nitrogen and oxygen atoms in total. The minimum absolute atomic E-state index is 0.0148. The minimum atomic E-state index is -0.928. The molecule has 1 fully saturated rings. The number of hydrogen-bond acceptors (Lipinski definition) is 5. The standard InChI is InChI=1S/C13H23N3O5/c1-13(2)11(19)16(12(20)15-13)6-4-10(18)14-9(5-7-17)8-21-3/h9,17H,4-8H2,1-3H3,(H,14,18)(H,15,20). The van der Waals surface area contributed by atoms with Gasteiger partial charge in [-0.05, 0) is 20.3 Å². The highest BCUT2D eigenvalue weighted by molar-refractivity contribution is 6.06. The van der Waals surface area contributed by atoms with E-state index in [1.165, 1.54) is 7.11 Å². The second-order valence-corrected chi connectivity index (χ2v) is 5.49. The second kappa shape index (κ2) is 7.37. The number of hydrogen-bond donors (Lipinski definition) is 3. The van der Waals surface area contributed by atoms with Crippen LogP contribution < -0.4 is 10.6 Å². The zero-order valence-corrected chi connectivity index (χ0v) is 12.6. The number of imide groups is 1. The number of carbonyl (C=O) groups excluding carboxylic acids is 3. The number of aliphatic hydroxyl groups is 1. The van der Waals surface area contributed by atoms with Gasteiger partial charge in [0.1, 0.15) is 5.54 Å². The van der Waals surface area contributed by atoms with Gasteiger partial charge in [-0.3, -0.25) is 14.5 Å². The van der Waals surface area contributed by atoms with Crippen molar-refractivity contribution >= 4 is 17.8 Å². The topological polar surface area (TPSA) is 108 Å². The third-order valence-electron chi connectivity index (χ3n) is 3.22. The summed E-state index contributed by atoms with van der Waals surface area (Å²) in [6.07, 6.45) is 0.399. The lowest BCUT2D eigenvalue weighted by molar-refractivity contribution is -0.130. The van der Waals surface area contributed by atoms with Crippen LogP contribution in [0.3, 0.4) is 0 Å². The molecule has 0 aliphatic carbocycles. The van der Waals surface area contributed by atoms with Gasteiger partial charge >= 0.3 is 6.03 Å². The van der Waals surface area contributed by atoms with Crippen LogP contribution in [0.25, 0.3) is 0 Å². The SMILES string of the molecule is COCC(CCO)NC(=O)CCN1C(=O)NC(C)(C)C1=O. The predicted molar refractivity (Wildman–Crippen MR) is 74.5 cm³/mol. The highest BCUT2D eigenvalue weighted by atomic mass is 16.5. The Hall–Kier alpha value is -1.67. The maximum absolute atomic E-state index is 11.9. The van der Waals surface area contributed by atoms with Gasteiger partial charge in [0.05, 0.1) is 12.6 Å². The van der Waals surface area contributed by atoms with Gasteiger partial charge in [0, 0.05) is 26.7 Å². The van der Waals surface area contributed by atoms with Crippen LogP contribution in [-0.4, -0.2) is 66.3 Å². The first-order chi connectivity index (χ1) is 9.81. The lowest BCUT2D eigenvalue weighted by Crippen LogP contribution is -2.42.